The van der Waals surface area contributed by atoms with Gasteiger partial charge in [0.25, 0.3) is 0 Å². The summed E-state index contributed by atoms with van der Waals surface area (Å²) in [6.07, 6.45) is -0.0822. The van der Waals surface area contributed by atoms with Crippen LogP contribution in [0.2, 0.25) is 0 Å². The molecule has 1 aliphatic rings. The maximum Gasteiger partial charge on any atom is 0.245 e. The minimum Gasteiger partial charge on any atom is -0.377 e. The van der Waals surface area contributed by atoms with E-state index in [-0.39, 0.29) is 24.7 Å². The SMILES string of the molecule is COCc1nn2c(CN3CC(CC(C)(F)F)CC3=O)c(C)nc2s1. The molecule has 0 radical (unpaired) electrons. The number of fused-ring (bicyclic) bond motifs is 1. The fourth-order valence-electron chi connectivity index (χ4n) is 3.12. The summed E-state index contributed by atoms with van der Waals surface area (Å²) in [6, 6.07) is 0. The molecule has 1 aliphatic heterocycles. The first-order valence-electron chi connectivity index (χ1n) is 7.75. The second kappa shape index (κ2) is 6.36. The summed E-state index contributed by atoms with van der Waals surface area (Å²) in [5, 5.41) is 5.26. The third-order valence-corrected chi connectivity index (χ3v) is 4.97. The van der Waals surface area contributed by atoms with Crippen LogP contribution in [0.5, 0.6) is 0 Å². The van der Waals surface area contributed by atoms with Crippen LogP contribution in [-0.4, -0.2) is 45.0 Å². The molecule has 0 saturated carbocycles. The first-order chi connectivity index (χ1) is 11.3. The molecular formula is C15H20F2N4O2S. The molecule has 1 unspecified atom stereocenters. The number of rotatable bonds is 6. The number of halogens is 2. The number of nitrogens with zero attached hydrogens (tertiary/aromatic N) is 4. The summed E-state index contributed by atoms with van der Waals surface area (Å²) in [6.45, 7) is 3.86. The van der Waals surface area contributed by atoms with Gasteiger partial charge in [0.05, 0.1) is 24.5 Å². The fraction of sp³-hybridized carbons (Fsp3) is 0.667. The van der Waals surface area contributed by atoms with Crippen LogP contribution in [0.25, 0.3) is 4.96 Å². The summed E-state index contributed by atoms with van der Waals surface area (Å²) in [5.74, 6) is -3.14. The van der Waals surface area contributed by atoms with Gasteiger partial charge in [-0.25, -0.2) is 18.3 Å². The number of hydrogen-bond donors (Lipinski definition) is 0. The zero-order chi connectivity index (χ0) is 17.5. The van der Waals surface area contributed by atoms with Gasteiger partial charge in [-0.3, -0.25) is 4.79 Å². The minimum atomic E-state index is -2.75. The van der Waals surface area contributed by atoms with Crippen molar-refractivity contribution < 1.29 is 18.3 Å². The highest BCUT2D eigenvalue weighted by Gasteiger charge is 2.36. The van der Waals surface area contributed by atoms with Gasteiger partial charge in [0.2, 0.25) is 16.8 Å². The number of imidazole rings is 1. The lowest BCUT2D eigenvalue weighted by Gasteiger charge is -2.18. The van der Waals surface area contributed by atoms with Crippen molar-refractivity contribution in [3.63, 3.8) is 0 Å². The van der Waals surface area contributed by atoms with Crippen LogP contribution < -0.4 is 0 Å². The molecule has 0 spiro atoms. The Morgan fingerprint density at radius 2 is 2.21 bits per heavy atom. The van der Waals surface area contributed by atoms with E-state index in [2.05, 4.69) is 10.1 Å². The molecule has 3 rings (SSSR count). The number of aromatic nitrogens is 3. The van der Waals surface area contributed by atoms with Crippen molar-refractivity contribution in [2.75, 3.05) is 13.7 Å². The molecule has 9 heteroatoms. The largest absolute Gasteiger partial charge is 0.377 e. The van der Waals surface area contributed by atoms with Crippen molar-refractivity contribution in [1.29, 1.82) is 0 Å². The molecule has 1 amide bonds. The van der Waals surface area contributed by atoms with Gasteiger partial charge in [0, 0.05) is 26.5 Å². The molecule has 6 nitrogen and oxygen atoms in total. The molecule has 1 saturated heterocycles. The van der Waals surface area contributed by atoms with E-state index in [0.717, 1.165) is 28.3 Å². The van der Waals surface area contributed by atoms with E-state index in [0.29, 0.717) is 19.7 Å². The number of hydrogen-bond acceptors (Lipinski definition) is 5. The Kier molecular flexibility index (Phi) is 4.56. The standard InChI is InChI=1S/C15H20F2N4O2S/c1-9-11(21-14(18-9)24-12(19-21)8-23-3)7-20-6-10(4-13(20)22)5-15(2,16)17/h10H,4-8H2,1-3H3. The predicted octanol–water partition coefficient (Wildman–Crippen LogP) is 2.64. The first kappa shape index (κ1) is 17.2. The van der Waals surface area contributed by atoms with Crippen LogP contribution >= 0.6 is 11.3 Å². The molecule has 2 aromatic heterocycles. The average Bonchev–Trinajstić information content (AvgIpc) is 3.05. The molecule has 0 N–H and O–H groups in total. The van der Waals surface area contributed by atoms with Crippen molar-refractivity contribution in [2.45, 2.75) is 45.8 Å². The fourth-order valence-corrected chi connectivity index (χ4v) is 4.06. The van der Waals surface area contributed by atoms with E-state index in [1.807, 2.05) is 6.92 Å². The van der Waals surface area contributed by atoms with Crippen molar-refractivity contribution in [2.24, 2.45) is 5.92 Å². The number of amides is 1. The number of likely N-dealkylation sites (tertiary alicyclic amines) is 1. The Balaban J connectivity index is 1.77. The summed E-state index contributed by atoms with van der Waals surface area (Å²) in [5.41, 5.74) is 1.62. The third-order valence-electron chi connectivity index (χ3n) is 4.09. The van der Waals surface area contributed by atoms with Crippen molar-refractivity contribution in [3.8, 4) is 0 Å². The van der Waals surface area contributed by atoms with Crippen molar-refractivity contribution in [3.05, 3.63) is 16.4 Å². The van der Waals surface area contributed by atoms with Crippen LogP contribution in [0.15, 0.2) is 0 Å². The average molecular weight is 358 g/mol. The topological polar surface area (TPSA) is 59.7 Å². The first-order valence-corrected chi connectivity index (χ1v) is 8.57. The van der Waals surface area contributed by atoms with E-state index in [4.69, 9.17) is 4.74 Å². The maximum atomic E-state index is 13.2. The summed E-state index contributed by atoms with van der Waals surface area (Å²) >= 11 is 1.44. The van der Waals surface area contributed by atoms with Gasteiger partial charge in [-0.15, -0.1) is 0 Å². The van der Waals surface area contributed by atoms with Crippen LogP contribution in [0.3, 0.4) is 0 Å². The summed E-state index contributed by atoms with van der Waals surface area (Å²) < 4.78 is 33.2. The lowest BCUT2D eigenvalue weighted by atomic mass is 10.0. The van der Waals surface area contributed by atoms with E-state index >= 15 is 0 Å². The molecule has 1 atom stereocenters. The molecule has 132 valence electrons. The van der Waals surface area contributed by atoms with Gasteiger partial charge in [0.15, 0.2) is 0 Å². The quantitative estimate of drug-likeness (QED) is 0.797. The number of carbonyl (C=O) groups is 1. The molecule has 0 aromatic carbocycles. The predicted molar refractivity (Wildman–Crippen MR) is 85.1 cm³/mol. The van der Waals surface area contributed by atoms with Crippen LogP contribution in [0.1, 0.15) is 36.2 Å². The zero-order valence-corrected chi connectivity index (χ0v) is 14.7. The zero-order valence-electron chi connectivity index (χ0n) is 13.9. The minimum absolute atomic E-state index is 0.0917. The molecule has 1 fully saturated rings. The number of methoxy groups -OCH3 is 1. The second-order valence-electron chi connectivity index (χ2n) is 6.39. The highest BCUT2D eigenvalue weighted by atomic mass is 32.1. The van der Waals surface area contributed by atoms with Crippen LogP contribution in [0, 0.1) is 12.8 Å². The Morgan fingerprint density at radius 3 is 2.88 bits per heavy atom. The van der Waals surface area contributed by atoms with E-state index in [1.165, 1.54) is 11.3 Å². The Morgan fingerprint density at radius 1 is 1.46 bits per heavy atom. The number of aryl methyl sites for hydroxylation is 1. The van der Waals surface area contributed by atoms with Gasteiger partial charge in [0.1, 0.15) is 5.01 Å². The Labute approximate surface area is 142 Å². The highest BCUT2D eigenvalue weighted by molar-refractivity contribution is 7.16. The number of alkyl halides is 2. The summed E-state index contributed by atoms with van der Waals surface area (Å²) in [4.78, 5) is 19.0. The lowest BCUT2D eigenvalue weighted by Crippen LogP contribution is -2.26. The van der Waals surface area contributed by atoms with E-state index in [9.17, 15) is 13.6 Å². The molecule has 24 heavy (non-hydrogen) atoms. The van der Waals surface area contributed by atoms with Crippen molar-refractivity contribution in [1.82, 2.24) is 19.5 Å². The monoisotopic (exact) mass is 358 g/mol. The van der Waals surface area contributed by atoms with Gasteiger partial charge in [-0.2, -0.15) is 5.10 Å². The van der Waals surface area contributed by atoms with Gasteiger partial charge in [-0.1, -0.05) is 11.3 Å². The third kappa shape index (κ3) is 3.56. The normalized spacial score (nSPS) is 19.0. The van der Waals surface area contributed by atoms with Gasteiger partial charge < -0.3 is 9.64 Å². The Hall–Kier alpha value is -1.61. The number of ether oxygens (including phenoxy) is 1. The van der Waals surface area contributed by atoms with E-state index in [1.54, 1.807) is 16.5 Å². The maximum absolute atomic E-state index is 13.2. The van der Waals surface area contributed by atoms with Gasteiger partial charge in [-0.05, 0) is 19.8 Å². The van der Waals surface area contributed by atoms with Crippen LogP contribution in [-0.2, 0) is 22.7 Å². The molecule has 0 aliphatic carbocycles. The summed E-state index contributed by atoms with van der Waals surface area (Å²) in [7, 11) is 1.60. The second-order valence-corrected chi connectivity index (χ2v) is 7.43. The van der Waals surface area contributed by atoms with Gasteiger partial charge >= 0.3 is 0 Å². The highest BCUT2D eigenvalue weighted by Crippen LogP contribution is 2.31. The molecule has 2 aromatic rings. The molecule has 3 heterocycles. The van der Waals surface area contributed by atoms with Crippen molar-refractivity contribution >= 4 is 22.2 Å². The molecule has 0 bridgehead atoms. The lowest BCUT2D eigenvalue weighted by molar-refractivity contribution is -0.128. The van der Waals surface area contributed by atoms with Crippen LogP contribution in [0.4, 0.5) is 8.78 Å². The number of carbonyl (C=O) groups excluding carboxylic acids is 1. The Bertz CT molecular complexity index is 753. The molecular weight excluding hydrogens is 338 g/mol. The smallest absolute Gasteiger partial charge is 0.245 e. The van der Waals surface area contributed by atoms with E-state index < -0.39 is 5.92 Å².